The summed E-state index contributed by atoms with van der Waals surface area (Å²) in [5.41, 5.74) is 7.91. The van der Waals surface area contributed by atoms with Crippen LogP contribution in [-0.2, 0) is 22.6 Å². The van der Waals surface area contributed by atoms with Gasteiger partial charge in [-0.2, -0.15) is 0 Å². The van der Waals surface area contributed by atoms with E-state index in [1.807, 2.05) is 109 Å². The number of ether oxygens (including phenoxy) is 2. The molecule has 1 aliphatic rings. The van der Waals surface area contributed by atoms with E-state index in [2.05, 4.69) is 15.3 Å². The molecule has 6 aromatic rings. The number of aromatic hydroxyl groups is 1. The molecule has 1 amide bonds. The molecule has 4 atom stereocenters. The van der Waals surface area contributed by atoms with Crippen molar-refractivity contribution in [3.63, 3.8) is 0 Å². The lowest BCUT2D eigenvalue weighted by Gasteiger charge is -2.38. The van der Waals surface area contributed by atoms with Gasteiger partial charge in [0.1, 0.15) is 11.4 Å². The van der Waals surface area contributed by atoms with Gasteiger partial charge in [0.05, 0.1) is 42.1 Å². The Morgan fingerprint density at radius 3 is 2.40 bits per heavy atom. The first-order chi connectivity index (χ1) is 25.8. The number of phenols is 1. The molecule has 0 bridgehead atoms. The highest BCUT2D eigenvalue weighted by Gasteiger charge is 2.33. The minimum atomic E-state index is -0.777. The van der Waals surface area contributed by atoms with Crippen molar-refractivity contribution in [2.45, 2.75) is 44.2 Å². The number of fused-ring (bicyclic) bond motifs is 1. The van der Waals surface area contributed by atoms with E-state index in [0.29, 0.717) is 37.1 Å². The molecule has 0 spiro atoms. The summed E-state index contributed by atoms with van der Waals surface area (Å²) in [6, 6.07) is 37.9. The lowest BCUT2D eigenvalue weighted by Crippen LogP contribution is -2.39. The third-order valence-corrected chi connectivity index (χ3v) is 9.50. The van der Waals surface area contributed by atoms with Crippen molar-refractivity contribution < 1.29 is 29.6 Å². The molecule has 1 aromatic heterocycles. The predicted octanol–water partition coefficient (Wildman–Crippen LogP) is 6.64. The van der Waals surface area contributed by atoms with Crippen molar-refractivity contribution in [3.8, 4) is 16.9 Å². The minimum Gasteiger partial charge on any atom is -0.508 e. The van der Waals surface area contributed by atoms with Crippen LogP contribution in [0.1, 0.15) is 63.2 Å². The highest BCUT2D eigenvalue weighted by Crippen LogP contribution is 2.39. The first kappa shape index (κ1) is 35.9. The summed E-state index contributed by atoms with van der Waals surface area (Å²) in [4.78, 5) is 23.9. The van der Waals surface area contributed by atoms with Crippen LogP contribution in [0.15, 0.2) is 128 Å². The van der Waals surface area contributed by atoms with Gasteiger partial charge in [-0.3, -0.25) is 9.78 Å². The van der Waals surface area contributed by atoms with Crippen LogP contribution in [0.25, 0.3) is 22.2 Å². The lowest BCUT2D eigenvalue weighted by atomic mass is 9.97. The van der Waals surface area contributed by atoms with E-state index in [-0.39, 0.29) is 36.2 Å². The van der Waals surface area contributed by atoms with Crippen LogP contribution in [0, 0.1) is 0 Å². The van der Waals surface area contributed by atoms with Crippen molar-refractivity contribution in [1.29, 1.82) is 0 Å². The molecule has 2 heterocycles. The maximum atomic E-state index is 13.0. The zero-order chi connectivity index (χ0) is 36.7. The van der Waals surface area contributed by atoms with Gasteiger partial charge >= 0.3 is 0 Å². The number of carbonyl (C=O) groups is 1. The number of rotatable bonds is 12. The van der Waals surface area contributed by atoms with Gasteiger partial charge in [-0.25, -0.2) is 4.98 Å². The zero-order valence-electron chi connectivity index (χ0n) is 29.4. The molecule has 0 radical (unpaired) electrons. The van der Waals surface area contributed by atoms with Crippen LogP contribution < -0.4 is 5.32 Å². The first-order valence-corrected chi connectivity index (χ1v) is 17.7. The maximum Gasteiger partial charge on any atom is 0.271 e. The van der Waals surface area contributed by atoms with Gasteiger partial charge < -0.3 is 35.0 Å². The second-order valence-corrected chi connectivity index (χ2v) is 13.4. The fourth-order valence-corrected chi connectivity index (χ4v) is 6.70. The Labute approximate surface area is 308 Å². The molecule has 270 valence electrons. The normalized spacial score (nSPS) is 17.8. The summed E-state index contributed by atoms with van der Waals surface area (Å²) in [5.74, 6) is -0.182. The van der Waals surface area contributed by atoms with E-state index in [1.54, 1.807) is 24.3 Å². The summed E-state index contributed by atoms with van der Waals surface area (Å²) < 4.78 is 13.1. The third kappa shape index (κ3) is 8.77. The molecular formula is C43H42N4O6. The molecule has 10 nitrogen and oxygen atoms in total. The van der Waals surface area contributed by atoms with Gasteiger partial charge in [0.15, 0.2) is 6.29 Å². The first-order valence-electron chi connectivity index (χ1n) is 17.7. The Balaban J connectivity index is 1.06. The largest absolute Gasteiger partial charge is 0.508 e. The number of benzene rings is 5. The maximum absolute atomic E-state index is 13.0. The summed E-state index contributed by atoms with van der Waals surface area (Å²) in [5, 5.41) is 33.3. The number of nitrogens with zero attached hydrogens (tertiary/aromatic N) is 3. The van der Waals surface area contributed by atoms with Crippen LogP contribution in [0.2, 0.25) is 0 Å². The van der Waals surface area contributed by atoms with Gasteiger partial charge in [0, 0.05) is 31.6 Å². The molecule has 0 unspecified atom stereocenters. The second kappa shape index (κ2) is 16.5. The van der Waals surface area contributed by atoms with Gasteiger partial charge in [0.25, 0.3) is 5.91 Å². The van der Waals surface area contributed by atoms with Crippen molar-refractivity contribution >= 4 is 16.9 Å². The molecule has 1 fully saturated rings. The lowest BCUT2D eigenvalue weighted by molar-refractivity contribution is -0.252. The number of hydrogen-bond donors (Lipinski definition) is 4. The van der Waals surface area contributed by atoms with Crippen molar-refractivity contribution in [2.75, 3.05) is 20.1 Å². The number of nitrogens with one attached hydrogen (secondary N) is 1. The molecule has 0 aliphatic carbocycles. The molecule has 4 N–H and O–H groups in total. The van der Waals surface area contributed by atoms with E-state index in [4.69, 9.17) is 9.47 Å². The van der Waals surface area contributed by atoms with Crippen molar-refractivity contribution in [2.24, 2.45) is 0 Å². The van der Waals surface area contributed by atoms with E-state index in [0.717, 1.165) is 38.9 Å². The van der Waals surface area contributed by atoms with Crippen molar-refractivity contribution in [3.05, 3.63) is 161 Å². The van der Waals surface area contributed by atoms with Crippen LogP contribution in [0.5, 0.6) is 5.75 Å². The molecule has 5 aromatic carbocycles. The fraction of sp³-hybridized carbons (Fsp3) is 0.233. The molecule has 10 heteroatoms. The Hall–Kier alpha value is -5.49. The highest BCUT2D eigenvalue weighted by atomic mass is 16.7. The number of aliphatic hydroxyl groups is 2. The standard InChI is InChI=1S/C43H42N4O6/c1-47(26-40(50)32-8-6-9-34(49)21-32)25-35-22-41(30-15-13-28(27-48)14-16-30)53-43(52-35)31-19-17-29(18-20-31)36-10-3-2-7-33(36)23-45-42(51)39-24-44-37-11-4-5-12-38(37)46-39/h2-21,24,35,40-41,43,48-50H,22-23,25-27H2,1H3,(H,45,51)/t35-,40+,41+,43+/m0/s1. The van der Waals surface area contributed by atoms with E-state index in [1.165, 1.54) is 6.20 Å². The van der Waals surface area contributed by atoms with Gasteiger partial charge in [-0.1, -0.05) is 97.1 Å². The summed E-state index contributed by atoms with van der Waals surface area (Å²) >= 11 is 0. The minimum absolute atomic E-state index is 0.0343. The molecule has 0 saturated carbocycles. The second-order valence-electron chi connectivity index (χ2n) is 13.4. The Morgan fingerprint density at radius 1 is 0.887 bits per heavy atom. The van der Waals surface area contributed by atoms with Gasteiger partial charge in [0.2, 0.25) is 0 Å². The van der Waals surface area contributed by atoms with E-state index < -0.39 is 12.4 Å². The average molecular weight is 711 g/mol. The summed E-state index contributed by atoms with van der Waals surface area (Å²) in [7, 11) is 1.94. The number of aliphatic hydroxyl groups excluding tert-OH is 2. The number of aromatic nitrogens is 2. The van der Waals surface area contributed by atoms with Crippen LogP contribution >= 0.6 is 0 Å². The quantitative estimate of drug-likeness (QED) is 0.110. The Morgan fingerprint density at radius 2 is 1.62 bits per heavy atom. The smallest absolute Gasteiger partial charge is 0.271 e. The van der Waals surface area contributed by atoms with Crippen LogP contribution in [0.4, 0.5) is 0 Å². The molecule has 53 heavy (non-hydrogen) atoms. The summed E-state index contributed by atoms with van der Waals surface area (Å²) in [6.45, 7) is 1.18. The Bertz CT molecular complexity index is 2160. The number of phenolic OH excluding ortho intramolecular Hbond substituents is 1. The number of likely N-dealkylation sites (N-methyl/N-ethyl adjacent to an activating group) is 1. The van der Waals surface area contributed by atoms with E-state index in [9.17, 15) is 20.1 Å². The zero-order valence-corrected chi connectivity index (χ0v) is 29.4. The monoisotopic (exact) mass is 710 g/mol. The number of para-hydroxylation sites is 2. The molecule has 7 rings (SSSR count). The van der Waals surface area contributed by atoms with Crippen LogP contribution in [-0.4, -0.2) is 62.3 Å². The number of amides is 1. The number of carbonyl (C=O) groups excluding carboxylic acids is 1. The average Bonchev–Trinajstić information content (AvgIpc) is 3.19. The summed E-state index contributed by atoms with van der Waals surface area (Å²) in [6.07, 6.45) is 0.202. The molecule has 1 saturated heterocycles. The number of hydrogen-bond acceptors (Lipinski definition) is 9. The third-order valence-electron chi connectivity index (χ3n) is 9.50. The fourth-order valence-electron chi connectivity index (χ4n) is 6.70. The van der Waals surface area contributed by atoms with Crippen molar-refractivity contribution in [1.82, 2.24) is 20.2 Å². The Kier molecular flexibility index (Phi) is 11.1. The van der Waals surface area contributed by atoms with Crippen LogP contribution in [0.3, 0.4) is 0 Å². The topological polar surface area (TPSA) is 137 Å². The van der Waals surface area contributed by atoms with E-state index >= 15 is 0 Å². The molecular weight excluding hydrogens is 668 g/mol. The highest BCUT2D eigenvalue weighted by molar-refractivity contribution is 5.93. The van der Waals surface area contributed by atoms with Gasteiger partial charge in [-0.05, 0) is 64.7 Å². The predicted molar refractivity (Wildman–Crippen MR) is 202 cm³/mol. The molecule has 1 aliphatic heterocycles. The van der Waals surface area contributed by atoms with Gasteiger partial charge in [-0.15, -0.1) is 0 Å². The SMILES string of the molecule is CN(C[C@@H]1C[C@H](c2ccc(CO)cc2)O[C@H](c2ccc(-c3ccccc3CNC(=O)c3cnc4ccccc4n3)cc2)O1)C[C@@H](O)c1cccc(O)c1.